The summed E-state index contributed by atoms with van der Waals surface area (Å²) >= 11 is 5.82. The van der Waals surface area contributed by atoms with E-state index >= 15 is 0 Å². The van der Waals surface area contributed by atoms with Gasteiger partial charge in [0.1, 0.15) is 0 Å². The summed E-state index contributed by atoms with van der Waals surface area (Å²) in [5, 5.41) is 4.78. The number of rotatable bonds is 1. The zero-order valence-electron chi connectivity index (χ0n) is 9.25. The van der Waals surface area contributed by atoms with Crippen molar-refractivity contribution < 1.29 is 4.79 Å². The quantitative estimate of drug-likeness (QED) is 0.800. The van der Waals surface area contributed by atoms with E-state index < -0.39 is 5.41 Å². The highest BCUT2D eigenvalue weighted by Gasteiger charge is 2.33. The monoisotopic (exact) mass is 236 g/mol. The molecule has 0 unspecified atom stereocenters. The standard InChI is InChI=1S/C12H13ClN2O/c1-12(2)7-10(14-15-11(12)16)8-3-5-9(13)6-4-8/h3-6H,7H2,1-2H3,(H,15,16). The minimum Gasteiger partial charge on any atom is -0.273 e. The first-order valence-electron chi connectivity index (χ1n) is 5.12. The largest absolute Gasteiger partial charge is 0.273 e. The molecule has 0 saturated heterocycles. The summed E-state index contributed by atoms with van der Waals surface area (Å²) < 4.78 is 0. The fraction of sp³-hybridized carbons (Fsp3) is 0.333. The Balaban J connectivity index is 2.30. The molecule has 0 atom stereocenters. The lowest BCUT2D eigenvalue weighted by atomic mass is 9.83. The van der Waals surface area contributed by atoms with Crippen molar-refractivity contribution >= 4 is 23.2 Å². The summed E-state index contributed by atoms with van der Waals surface area (Å²) in [4.78, 5) is 11.5. The summed E-state index contributed by atoms with van der Waals surface area (Å²) in [6.07, 6.45) is 0.639. The van der Waals surface area contributed by atoms with Gasteiger partial charge < -0.3 is 0 Å². The molecule has 4 heteroatoms. The molecule has 1 aliphatic rings. The van der Waals surface area contributed by atoms with Crippen LogP contribution in [0.5, 0.6) is 0 Å². The van der Waals surface area contributed by atoms with E-state index in [9.17, 15) is 4.79 Å². The molecule has 0 aliphatic carbocycles. The van der Waals surface area contributed by atoms with Gasteiger partial charge >= 0.3 is 0 Å². The first-order chi connectivity index (χ1) is 7.49. The average molecular weight is 237 g/mol. The highest BCUT2D eigenvalue weighted by molar-refractivity contribution is 6.30. The summed E-state index contributed by atoms with van der Waals surface area (Å²) in [6.45, 7) is 3.82. The first-order valence-corrected chi connectivity index (χ1v) is 5.50. The Morgan fingerprint density at radius 1 is 1.31 bits per heavy atom. The number of amides is 1. The molecule has 0 radical (unpaired) electrons. The maximum atomic E-state index is 11.5. The molecule has 3 nitrogen and oxygen atoms in total. The third kappa shape index (κ3) is 2.09. The first kappa shape index (κ1) is 11.1. The maximum Gasteiger partial charge on any atom is 0.246 e. The van der Waals surface area contributed by atoms with Crippen LogP contribution in [0.25, 0.3) is 0 Å². The van der Waals surface area contributed by atoms with Gasteiger partial charge in [-0.05, 0) is 17.7 Å². The molecule has 0 spiro atoms. The Labute approximate surface area is 99.5 Å². The predicted octanol–water partition coefficient (Wildman–Crippen LogP) is 2.59. The molecule has 0 aromatic heterocycles. The van der Waals surface area contributed by atoms with Crippen molar-refractivity contribution in [1.82, 2.24) is 5.43 Å². The van der Waals surface area contributed by atoms with Crippen molar-refractivity contribution in [2.24, 2.45) is 10.5 Å². The molecule has 1 heterocycles. The van der Waals surface area contributed by atoms with Crippen molar-refractivity contribution in [3.05, 3.63) is 34.9 Å². The van der Waals surface area contributed by atoms with Crippen molar-refractivity contribution in [2.75, 3.05) is 0 Å². The molecule has 1 amide bonds. The number of hydrogen-bond acceptors (Lipinski definition) is 2. The Bertz CT molecular complexity index is 449. The second-order valence-corrected chi connectivity index (χ2v) is 5.00. The molecule has 84 valence electrons. The van der Waals surface area contributed by atoms with Gasteiger partial charge in [0.2, 0.25) is 5.91 Å². The van der Waals surface area contributed by atoms with Crippen LogP contribution >= 0.6 is 11.6 Å². The lowest BCUT2D eigenvalue weighted by molar-refractivity contribution is -0.129. The van der Waals surface area contributed by atoms with E-state index in [2.05, 4.69) is 10.5 Å². The molecule has 0 bridgehead atoms. The number of nitrogens with zero attached hydrogens (tertiary/aromatic N) is 1. The third-order valence-corrected chi connectivity index (χ3v) is 2.95. The van der Waals surface area contributed by atoms with Gasteiger partial charge in [-0.3, -0.25) is 4.79 Å². The molecule has 0 fully saturated rings. The van der Waals surface area contributed by atoms with Gasteiger partial charge in [0.05, 0.1) is 11.1 Å². The van der Waals surface area contributed by atoms with Crippen LogP contribution in [0, 0.1) is 5.41 Å². The van der Waals surface area contributed by atoms with Crippen LogP contribution in [0.4, 0.5) is 0 Å². The lowest BCUT2D eigenvalue weighted by Crippen LogP contribution is -2.40. The fourth-order valence-corrected chi connectivity index (χ4v) is 1.74. The number of nitrogens with one attached hydrogen (secondary N) is 1. The molecule has 1 aliphatic heterocycles. The van der Waals surface area contributed by atoms with E-state index in [4.69, 9.17) is 11.6 Å². The molecule has 2 rings (SSSR count). The summed E-state index contributed by atoms with van der Waals surface area (Å²) in [5.41, 5.74) is 4.03. The van der Waals surface area contributed by atoms with E-state index in [-0.39, 0.29) is 5.91 Å². The highest BCUT2D eigenvalue weighted by atomic mass is 35.5. The molecular formula is C12H13ClN2O. The third-order valence-electron chi connectivity index (χ3n) is 2.69. The number of hydrazone groups is 1. The Hall–Kier alpha value is -1.35. The van der Waals surface area contributed by atoms with Gasteiger partial charge in [0.15, 0.2) is 0 Å². The molecule has 1 aromatic rings. The molecular weight excluding hydrogens is 224 g/mol. The molecule has 0 saturated carbocycles. The second-order valence-electron chi connectivity index (χ2n) is 4.57. The molecule has 1 aromatic carbocycles. The summed E-state index contributed by atoms with van der Waals surface area (Å²) in [6, 6.07) is 7.47. The van der Waals surface area contributed by atoms with E-state index in [0.29, 0.717) is 11.4 Å². The molecule has 16 heavy (non-hydrogen) atoms. The number of carbonyl (C=O) groups excluding carboxylic acids is 1. The Morgan fingerprint density at radius 2 is 1.94 bits per heavy atom. The number of carbonyl (C=O) groups is 1. The lowest BCUT2D eigenvalue weighted by Gasteiger charge is -2.27. The van der Waals surface area contributed by atoms with E-state index in [1.54, 1.807) is 0 Å². The van der Waals surface area contributed by atoms with Crippen LogP contribution in [0.15, 0.2) is 29.4 Å². The Morgan fingerprint density at radius 3 is 2.50 bits per heavy atom. The van der Waals surface area contributed by atoms with Crippen molar-refractivity contribution in [2.45, 2.75) is 20.3 Å². The maximum absolute atomic E-state index is 11.5. The van der Waals surface area contributed by atoms with Crippen LogP contribution in [0.1, 0.15) is 25.8 Å². The van der Waals surface area contributed by atoms with Gasteiger partial charge in [-0.25, -0.2) is 5.43 Å². The summed E-state index contributed by atoms with van der Waals surface area (Å²) in [5.74, 6) is -0.0368. The zero-order chi connectivity index (χ0) is 11.8. The van der Waals surface area contributed by atoms with E-state index in [1.165, 1.54) is 0 Å². The number of halogens is 1. The summed E-state index contributed by atoms with van der Waals surface area (Å²) in [7, 11) is 0. The topological polar surface area (TPSA) is 41.5 Å². The second kappa shape index (κ2) is 3.91. The minimum absolute atomic E-state index is 0.0368. The normalized spacial score (nSPS) is 18.9. The van der Waals surface area contributed by atoms with Crippen molar-refractivity contribution in [1.29, 1.82) is 0 Å². The predicted molar refractivity (Wildman–Crippen MR) is 64.5 cm³/mol. The van der Waals surface area contributed by atoms with Crippen LogP contribution in [-0.2, 0) is 4.79 Å². The van der Waals surface area contributed by atoms with Crippen LogP contribution in [-0.4, -0.2) is 11.6 Å². The van der Waals surface area contributed by atoms with E-state index in [0.717, 1.165) is 11.3 Å². The highest BCUT2D eigenvalue weighted by Crippen LogP contribution is 2.26. The van der Waals surface area contributed by atoms with Gasteiger partial charge in [-0.2, -0.15) is 5.10 Å². The average Bonchev–Trinajstić information content (AvgIpc) is 2.23. The molecule has 1 N–H and O–H groups in total. The van der Waals surface area contributed by atoms with Gasteiger partial charge in [-0.1, -0.05) is 37.6 Å². The van der Waals surface area contributed by atoms with Gasteiger partial charge in [0, 0.05) is 11.4 Å². The van der Waals surface area contributed by atoms with Crippen LogP contribution in [0.3, 0.4) is 0 Å². The SMILES string of the molecule is CC1(C)CC(c2ccc(Cl)cc2)=NNC1=O. The van der Waals surface area contributed by atoms with Crippen molar-refractivity contribution in [3.63, 3.8) is 0 Å². The number of benzene rings is 1. The Kier molecular flexibility index (Phi) is 2.72. The van der Waals surface area contributed by atoms with Crippen molar-refractivity contribution in [3.8, 4) is 0 Å². The zero-order valence-corrected chi connectivity index (χ0v) is 10.0. The van der Waals surface area contributed by atoms with Gasteiger partial charge in [-0.15, -0.1) is 0 Å². The smallest absolute Gasteiger partial charge is 0.246 e. The van der Waals surface area contributed by atoms with Crippen LogP contribution < -0.4 is 5.43 Å². The van der Waals surface area contributed by atoms with Gasteiger partial charge in [0.25, 0.3) is 0 Å². The number of hydrogen-bond donors (Lipinski definition) is 1. The minimum atomic E-state index is -0.406. The van der Waals surface area contributed by atoms with Crippen LogP contribution in [0.2, 0.25) is 5.02 Å². The fourth-order valence-electron chi connectivity index (χ4n) is 1.62. The van der Waals surface area contributed by atoms with E-state index in [1.807, 2.05) is 38.1 Å².